The van der Waals surface area contributed by atoms with Gasteiger partial charge in [-0.05, 0) is 58.7 Å². The van der Waals surface area contributed by atoms with E-state index >= 15 is 0 Å². The van der Waals surface area contributed by atoms with Crippen molar-refractivity contribution in [3.05, 3.63) is 108 Å². The molecule has 4 aromatic carbocycles. The highest BCUT2D eigenvalue weighted by Gasteiger charge is 2.31. The minimum Gasteiger partial charge on any atom is -0.497 e. The Morgan fingerprint density at radius 1 is 0.844 bits per heavy atom. The topological polar surface area (TPSA) is 38.8 Å². The molecule has 1 heterocycles. The Bertz CT molecular complexity index is 1240. The SMILES string of the molecule is COc1ccc(OCC2Cc3ccccc3CN2C(=O)c2cccc3ccccc23)cc1. The van der Waals surface area contributed by atoms with E-state index in [4.69, 9.17) is 9.47 Å². The second-order valence-electron chi connectivity index (χ2n) is 8.07. The van der Waals surface area contributed by atoms with Crippen LogP contribution in [0, 0.1) is 0 Å². The Kier molecular flexibility index (Phi) is 5.51. The molecule has 0 saturated heterocycles. The molecule has 4 nitrogen and oxygen atoms in total. The summed E-state index contributed by atoms with van der Waals surface area (Å²) in [5.41, 5.74) is 3.21. The van der Waals surface area contributed by atoms with E-state index in [9.17, 15) is 4.79 Å². The van der Waals surface area contributed by atoms with Crippen LogP contribution in [-0.2, 0) is 13.0 Å². The van der Waals surface area contributed by atoms with Crippen molar-refractivity contribution in [2.75, 3.05) is 13.7 Å². The minimum atomic E-state index is -0.0570. The molecule has 0 bridgehead atoms. The zero-order chi connectivity index (χ0) is 21.9. The molecule has 160 valence electrons. The molecule has 4 heteroatoms. The highest BCUT2D eigenvalue weighted by Crippen LogP contribution is 2.28. The molecule has 5 rings (SSSR count). The number of rotatable bonds is 5. The van der Waals surface area contributed by atoms with E-state index in [-0.39, 0.29) is 11.9 Å². The number of methoxy groups -OCH3 is 1. The number of benzene rings is 4. The lowest BCUT2D eigenvalue weighted by Crippen LogP contribution is -2.47. The van der Waals surface area contributed by atoms with Crippen LogP contribution in [0.5, 0.6) is 11.5 Å². The Hall–Kier alpha value is -3.79. The second-order valence-corrected chi connectivity index (χ2v) is 8.07. The largest absolute Gasteiger partial charge is 0.497 e. The van der Waals surface area contributed by atoms with E-state index in [1.54, 1.807) is 7.11 Å². The summed E-state index contributed by atoms with van der Waals surface area (Å²) in [6, 6.07) is 29.8. The number of nitrogens with zero attached hydrogens (tertiary/aromatic N) is 1. The molecule has 1 atom stereocenters. The molecule has 0 radical (unpaired) electrons. The molecule has 0 aliphatic carbocycles. The highest BCUT2D eigenvalue weighted by atomic mass is 16.5. The van der Waals surface area contributed by atoms with Gasteiger partial charge in [0.15, 0.2) is 0 Å². The van der Waals surface area contributed by atoms with Gasteiger partial charge in [-0.3, -0.25) is 4.79 Å². The molecule has 0 N–H and O–H groups in total. The average Bonchev–Trinajstić information content (AvgIpc) is 2.86. The predicted molar refractivity (Wildman–Crippen MR) is 126 cm³/mol. The fourth-order valence-electron chi connectivity index (χ4n) is 4.41. The smallest absolute Gasteiger partial charge is 0.255 e. The molecule has 0 fully saturated rings. The normalized spacial score (nSPS) is 15.3. The zero-order valence-corrected chi connectivity index (χ0v) is 18.0. The maximum atomic E-state index is 13.8. The lowest BCUT2D eigenvalue weighted by molar-refractivity contribution is 0.0568. The first kappa shape index (κ1) is 20.1. The third-order valence-electron chi connectivity index (χ3n) is 6.14. The Morgan fingerprint density at radius 2 is 1.53 bits per heavy atom. The molecule has 0 saturated carbocycles. The van der Waals surface area contributed by atoms with Crippen LogP contribution in [0.3, 0.4) is 0 Å². The third-order valence-corrected chi connectivity index (χ3v) is 6.14. The van der Waals surface area contributed by atoms with Gasteiger partial charge in [0.1, 0.15) is 18.1 Å². The van der Waals surface area contributed by atoms with Crippen molar-refractivity contribution in [2.45, 2.75) is 19.0 Å². The summed E-state index contributed by atoms with van der Waals surface area (Å²) in [7, 11) is 1.64. The zero-order valence-electron chi connectivity index (χ0n) is 18.0. The Balaban J connectivity index is 1.45. The standard InChI is InChI=1S/C28H25NO3/c1-31-24-13-15-25(16-14-24)32-19-23-17-21-8-2-3-9-22(21)18-29(23)28(30)27-12-6-10-20-7-4-5-11-26(20)27/h2-16,23H,17-19H2,1H3. The monoisotopic (exact) mass is 423 g/mol. The molecular formula is C28H25NO3. The lowest BCUT2D eigenvalue weighted by Gasteiger charge is -2.37. The van der Waals surface area contributed by atoms with Gasteiger partial charge in [0.05, 0.1) is 13.2 Å². The van der Waals surface area contributed by atoms with Crippen LogP contribution in [0.15, 0.2) is 91.0 Å². The first-order valence-corrected chi connectivity index (χ1v) is 10.9. The number of amides is 1. The molecule has 1 aliphatic heterocycles. The van der Waals surface area contributed by atoms with E-state index in [0.29, 0.717) is 13.2 Å². The van der Waals surface area contributed by atoms with Crippen molar-refractivity contribution >= 4 is 16.7 Å². The van der Waals surface area contributed by atoms with Crippen LogP contribution < -0.4 is 9.47 Å². The Morgan fingerprint density at radius 3 is 2.34 bits per heavy atom. The molecule has 0 aromatic heterocycles. The maximum absolute atomic E-state index is 13.8. The molecule has 1 unspecified atom stereocenters. The van der Waals surface area contributed by atoms with E-state index < -0.39 is 0 Å². The van der Waals surface area contributed by atoms with E-state index in [1.807, 2.05) is 77.7 Å². The van der Waals surface area contributed by atoms with Gasteiger partial charge in [-0.15, -0.1) is 0 Å². The van der Waals surface area contributed by atoms with Crippen molar-refractivity contribution in [2.24, 2.45) is 0 Å². The predicted octanol–water partition coefficient (Wildman–Crippen LogP) is 5.49. The van der Waals surface area contributed by atoms with Crippen LogP contribution in [0.2, 0.25) is 0 Å². The molecule has 0 spiro atoms. The van der Waals surface area contributed by atoms with Crippen molar-refractivity contribution in [3.8, 4) is 11.5 Å². The van der Waals surface area contributed by atoms with Crippen LogP contribution in [0.25, 0.3) is 10.8 Å². The van der Waals surface area contributed by atoms with Crippen molar-refractivity contribution in [1.82, 2.24) is 4.90 Å². The van der Waals surface area contributed by atoms with Crippen LogP contribution in [0.1, 0.15) is 21.5 Å². The minimum absolute atomic E-state index is 0.0413. The van der Waals surface area contributed by atoms with Crippen LogP contribution >= 0.6 is 0 Å². The van der Waals surface area contributed by atoms with Crippen LogP contribution in [-0.4, -0.2) is 30.6 Å². The molecule has 1 aliphatic rings. The lowest BCUT2D eigenvalue weighted by atomic mass is 9.93. The number of carbonyl (C=O) groups is 1. The number of hydrogen-bond acceptors (Lipinski definition) is 3. The van der Waals surface area contributed by atoms with Gasteiger partial charge >= 0.3 is 0 Å². The van der Waals surface area contributed by atoms with Gasteiger partial charge in [0.25, 0.3) is 5.91 Å². The van der Waals surface area contributed by atoms with Gasteiger partial charge < -0.3 is 14.4 Å². The number of ether oxygens (including phenoxy) is 2. The first-order chi connectivity index (χ1) is 15.7. The summed E-state index contributed by atoms with van der Waals surface area (Å²) in [5.74, 6) is 1.60. The summed E-state index contributed by atoms with van der Waals surface area (Å²) in [6.07, 6.45) is 0.767. The average molecular weight is 424 g/mol. The first-order valence-electron chi connectivity index (χ1n) is 10.9. The highest BCUT2D eigenvalue weighted by molar-refractivity contribution is 6.07. The summed E-state index contributed by atoms with van der Waals surface area (Å²) < 4.78 is 11.3. The van der Waals surface area contributed by atoms with E-state index in [2.05, 4.69) is 18.2 Å². The van der Waals surface area contributed by atoms with Crippen LogP contribution in [0.4, 0.5) is 0 Å². The van der Waals surface area contributed by atoms with Crippen molar-refractivity contribution in [3.63, 3.8) is 0 Å². The third kappa shape index (κ3) is 3.92. The van der Waals surface area contributed by atoms with Crippen molar-refractivity contribution < 1.29 is 14.3 Å². The van der Waals surface area contributed by atoms with Crippen molar-refractivity contribution in [1.29, 1.82) is 0 Å². The summed E-state index contributed by atoms with van der Waals surface area (Å²) in [4.78, 5) is 15.7. The van der Waals surface area contributed by atoms with E-state index in [0.717, 1.165) is 34.3 Å². The molecule has 4 aromatic rings. The van der Waals surface area contributed by atoms with Gasteiger partial charge in [0.2, 0.25) is 0 Å². The molecule has 32 heavy (non-hydrogen) atoms. The van der Waals surface area contributed by atoms with E-state index in [1.165, 1.54) is 11.1 Å². The quantitative estimate of drug-likeness (QED) is 0.426. The molecular weight excluding hydrogens is 398 g/mol. The van der Waals surface area contributed by atoms with Gasteiger partial charge in [-0.1, -0.05) is 60.7 Å². The fraction of sp³-hybridized carbons (Fsp3) is 0.179. The van der Waals surface area contributed by atoms with Gasteiger partial charge in [-0.25, -0.2) is 0 Å². The maximum Gasteiger partial charge on any atom is 0.255 e. The number of carbonyl (C=O) groups excluding carboxylic acids is 1. The molecule has 1 amide bonds. The summed E-state index contributed by atoms with van der Waals surface area (Å²) in [6.45, 7) is 1.01. The summed E-state index contributed by atoms with van der Waals surface area (Å²) in [5, 5.41) is 2.05. The summed E-state index contributed by atoms with van der Waals surface area (Å²) >= 11 is 0. The van der Waals surface area contributed by atoms with Gasteiger partial charge in [0, 0.05) is 12.1 Å². The Labute approximate surface area is 188 Å². The van der Waals surface area contributed by atoms with Gasteiger partial charge in [-0.2, -0.15) is 0 Å². The second kappa shape index (κ2) is 8.75. The number of fused-ring (bicyclic) bond motifs is 2. The number of hydrogen-bond donors (Lipinski definition) is 0. The fourth-order valence-corrected chi connectivity index (χ4v) is 4.41.